The summed E-state index contributed by atoms with van der Waals surface area (Å²) in [6.07, 6.45) is 0.639. The second-order valence-corrected chi connectivity index (χ2v) is 2.48. The van der Waals surface area contributed by atoms with Crippen molar-refractivity contribution in [2.45, 2.75) is 26.3 Å². The van der Waals surface area contributed by atoms with E-state index in [0.29, 0.717) is 12.3 Å². The quantitative estimate of drug-likeness (QED) is 0.335. The molecule has 0 heterocycles. The van der Waals surface area contributed by atoms with Gasteiger partial charge in [0.25, 0.3) is 0 Å². The largest absolute Gasteiger partial charge is 0.198 e. The smallest absolute Gasteiger partial charge is 0.125 e. The molecule has 0 amide bonds. The highest BCUT2D eigenvalue weighted by atomic mass is 15.1. The monoisotopic (exact) mass is 138 g/mol. The first kappa shape index (κ1) is 8.80. The van der Waals surface area contributed by atoms with Crippen LogP contribution in [0.25, 0.3) is 10.4 Å². The Morgan fingerprint density at radius 1 is 1.70 bits per heavy atom. The van der Waals surface area contributed by atoms with Crippen molar-refractivity contribution in [3.63, 3.8) is 0 Å². The van der Waals surface area contributed by atoms with Crippen molar-refractivity contribution in [1.82, 2.24) is 0 Å². The fourth-order valence-corrected chi connectivity index (χ4v) is 0.635. The number of hydrogen-bond donors (Lipinski definition) is 0. The molecule has 54 valence electrons. The van der Waals surface area contributed by atoms with E-state index < -0.39 is 6.04 Å². The Bertz CT molecular complexity index is 173. The second-order valence-electron chi connectivity index (χ2n) is 2.48. The zero-order chi connectivity index (χ0) is 7.98. The molecule has 0 saturated carbocycles. The minimum absolute atomic E-state index is 0.398. The standard InChI is InChI=1S/C6H10N4/c1-5(2)3-6(4-7)9-10-8/h5-6H,3H2,1-2H3/t6-/m0/s1. The van der Waals surface area contributed by atoms with Crippen LogP contribution in [0.5, 0.6) is 0 Å². The molecule has 0 radical (unpaired) electrons. The molecule has 0 fully saturated rings. The fourth-order valence-electron chi connectivity index (χ4n) is 0.635. The maximum Gasteiger partial charge on any atom is 0.125 e. The van der Waals surface area contributed by atoms with Crippen LogP contribution in [0.2, 0.25) is 0 Å². The molecule has 0 rings (SSSR count). The Balaban J connectivity index is 3.86. The molecular weight excluding hydrogens is 128 g/mol. The lowest BCUT2D eigenvalue weighted by atomic mass is 10.1. The maximum absolute atomic E-state index is 8.39. The molecule has 0 spiro atoms. The lowest BCUT2D eigenvalue weighted by molar-refractivity contribution is 0.550. The van der Waals surface area contributed by atoms with Gasteiger partial charge in [0, 0.05) is 4.91 Å². The van der Waals surface area contributed by atoms with Crippen molar-refractivity contribution in [2.24, 2.45) is 11.0 Å². The Hall–Kier alpha value is -1.20. The normalized spacial score (nSPS) is 11.8. The zero-order valence-corrected chi connectivity index (χ0v) is 6.15. The maximum atomic E-state index is 8.39. The molecule has 0 bridgehead atoms. The number of nitrogens with zero attached hydrogens (tertiary/aromatic N) is 4. The van der Waals surface area contributed by atoms with Gasteiger partial charge in [-0.1, -0.05) is 19.0 Å². The fraction of sp³-hybridized carbons (Fsp3) is 0.833. The van der Waals surface area contributed by atoms with Crippen molar-refractivity contribution in [3.8, 4) is 6.07 Å². The van der Waals surface area contributed by atoms with E-state index in [-0.39, 0.29) is 0 Å². The SMILES string of the molecule is CC(C)C[C@@H](C#N)N=[N+]=[N-]. The molecule has 0 aromatic rings. The van der Waals surface area contributed by atoms with E-state index in [2.05, 4.69) is 10.0 Å². The molecule has 0 aromatic carbocycles. The Morgan fingerprint density at radius 2 is 2.30 bits per heavy atom. The molecule has 1 atom stereocenters. The summed E-state index contributed by atoms with van der Waals surface area (Å²) in [5.41, 5.74) is 7.99. The highest BCUT2D eigenvalue weighted by molar-refractivity contribution is 4.90. The van der Waals surface area contributed by atoms with Crippen molar-refractivity contribution in [3.05, 3.63) is 10.4 Å². The Kier molecular flexibility index (Phi) is 4.10. The summed E-state index contributed by atoms with van der Waals surface area (Å²) in [4.78, 5) is 2.56. The van der Waals surface area contributed by atoms with Crippen LogP contribution in [-0.4, -0.2) is 6.04 Å². The van der Waals surface area contributed by atoms with Gasteiger partial charge in [-0.2, -0.15) is 5.26 Å². The van der Waals surface area contributed by atoms with E-state index in [1.807, 2.05) is 19.9 Å². The molecular formula is C6H10N4. The van der Waals surface area contributed by atoms with Crippen molar-refractivity contribution < 1.29 is 0 Å². The van der Waals surface area contributed by atoms with E-state index in [1.165, 1.54) is 0 Å². The predicted octanol–water partition coefficient (Wildman–Crippen LogP) is 2.23. The third-order valence-corrected chi connectivity index (χ3v) is 1.03. The van der Waals surface area contributed by atoms with Gasteiger partial charge in [-0.05, 0) is 17.9 Å². The molecule has 0 aliphatic rings. The molecule has 10 heavy (non-hydrogen) atoms. The summed E-state index contributed by atoms with van der Waals surface area (Å²) in [6.45, 7) is 3.97. The lowest BCUT2D eigenvalue weighted by Crippen LogP contribution is -2.03. The topological polar surface area (TPSA) is 72.5 Å². The minimum Gasteiger partial charge on any atom is -0.198 e. The lowest BCUT2D eigenvalue weighted by Gasteiger charge is -2.03. The first-order valence-electron chi connectivity index (χ1n) is 3.14. The van der Waals surface area contributed by atoms with Crippen molar-refractivity contribution in [1.29, 1.82) is 5.26 Å². The highest BCUT2D eigenvalue weighted by Gasteiger charge is 2.05. The van der Waals surface area contributed by atoms with Crippen LogP contribution in [0, 0.1) is 17.2 Å². The number of rotatable bonds is 3. The van der Waals surface area contributed by atoms with Crippen LogP contribution >= 0.6 is 0 Å². The van der Waals surface area contributed by atoms with Crippen LogP contribution in [0.15, 0.2) is 5.11 Å². The van der Waals surface area contributed by atoms with Gasteiger partial charge in [-0.25, -0.2) is 0 Å². The van der Waals surface area contributed by atoms with Gasteiger partial charge in [0.2, 0.25) is 0 Å². The number of azide groups is 1. The molecule has 0 aliphatic carbocycles. The van der Waals surface area contributed by atoms with Crippen LogP contribution in [0.1, 0.15) is 20.3 Å². The molecule has 0 N–H and O–H groups in total. The summed E-state index contributed by atoms with van der Waals surface area (Å²) >= 11 is 0. The zero-order valence-electron chi connectivity index (χ0n) is 6.15. The molecule has 0 unspecified atom stereocenters. The van der Waals surface area contributed by atoms with Gasteiger partial charge < -0.3 is 0 Å². The summed E-state index contributed by atoms with van der Waals surface area (Å²) < 4.78 is 0. The third kappa shape index (κ3) is 3.76. The highest BCUT2D eigenvalue weighted by Crippen LogP contribution is 2.06. The van der Waals surface area contributed by atoms with Gasteiger partial charge in [-0.3, -0.25) is 0 Å². The average molecular weight is 138 g/mol. The Morgan fingerprint density at radius 3 is 2.60 bits per heavy atom. The van der Waals surface area contributed by atoms with E-state index in [4.69, 9.17) is 10.8 Å². The van der Waals surface area contributed by atoms with Crippen LogP contribution < -0.4 is 0 Å². The summed E-state index contributed by atoms with van der Waals surface area (Å²) in [5, 5.41) is 11.7. The van der Waals surface area contributed by atoms with Gasteiger partial charge in [0.1, 0.15) is 6.04 Å². The molecule has 0 saturated heterocycles. The average Bonchev–Trinajstić information content (AvgIpc) is 1.86. The van der Waals surface area contributed by atoms with Gasteiger partial charge >= 0.3 is 0 Å². The third-order valence-electron chi connectivity index (χ3n) is 1.03. The minimum atomic E-state index is -0.495. The number of nitriles is 1. The van der Waals surface area contributed by atoms with Gasteiger partial charge in [0.05, 0.1) is 6.07 Å². The molecule has 0 aromatic heterocycles. The summed E-state index contributed by atoms with van der Waals surface area (Å²) in [6, 6.07) is 1.42. The first-order chi connectivity index (χ1) is 4.70. The van der Waals surface area contributed by atoms with Crippen LogP contribution in [-0.2, 0) is 0 Å². The summed E-state index contributed by atoms with van der Waals surface area (Å²) in [7, 11) is 0. The Labute approximate surface area is 60.1 Å². The second kappa shape index (κ2) is 4.66. The molecule has 4 heteroatoms. The summed E-state index contributed by atoms with van der Waals surface area (Å²) in [5.74, 6) is 0.398. The first-order valence-corrected chi connectivity index (χ1v) is 3.14. The van der Waals surface area contributed by atoms with Crippen LogP contribution in [0.4, 0.5) is 0 Å². The van der Waals surface area contributed by atoms with E-state index in [0.717, 1.165) is 0 Å². The molecule has 4 nitrogen and oxygen atoms in total. The number of hydrogen-bond acceptors (Lipinski definition) is 2. The van der Waals surface area contributed by atoms with Crippen LogP contribution in [0.3, 0.4) is 0 Å². The van der Waals surface area contributed by atoms with Gasteiger partial charge in [-0.15, -0.1) is 0 Å². The predicted molar refractivity (Wildman–Crippen MR) is 38.0 cm³/mol. The van der Waals surface area contributed by atoms with E-state index >= 15 is 0 Å². The molecule has 0 aliphatic heterocycles. The van der Waals surface area contributed by atoms with Gasteiger partial charge in [0.15, 0.2) is 0 Å². The van der Waals surface area contributed by atoms with E-state index in [1.54, 1.807) is 0 Å². The van der Waals surface area contributed by atoms with E-state index in [9.17, 15) is 0 Å². The van der Waals surface area contributed by atoms with Crippen molar-refractivity contribution >= 4 is 0 Å². The van der Waals surface area contributed by atoms with Crippen molar-refractivity contribution in [2.75, 3.05) is 0 Å².